The minimum Gasteiger partial charge on any atom is -0.395 e. The molecule has 0 aliphatic rings. The van der Waals surface area contributed by atoms with Crippen LogP contribution in [0.3, 0.4) is 0 Å². The lowest BCUT2D eigenvalue weighted by molar-refractivity contribution is 0.299. The molecule has 0 aliphatic carbocycles. The molecule has 2 N–H and O–H groups in total. The summed E-state index contributed by atoms with van der Waals surface area (Å²) in [6.07, 6.45) is 1.10. The molecule has 0 aliphatic heterocycles. The largest absolute Gasteiger partial charge is 0.395 e. The van der Waals surface area contributed by atoms with Crippen LogP contribution in [-0.2, 0) is 0 Å². The highest BCUT2D eigenvalue weighted by Gasteiger charge is 2.23. The molecule has 0 amide bonds. The molecule has 1 aromatic carbocycles. The monoisotopic (exact) mass is 267 g/mol. The fraction of sp³-hybridized carbons (Fsp3) is 0.600. The summed E-state index contributed by atoms with van der Waals surface area (Å²) in [4.78, 5) is 0. The first-order chi connectivity index (χ1) is 8.72. The standard InChI is InChI=1S/C15H25NOS/c1-4-14(18-12(3)11-17)15(16-5-2)13-9-7-6-8-10-13/h6-10,12,14-17H,4-5,11H2,1-3H3. The second-order valence-electron chi connectivity index (χ2n) is 4.52. The maximum atomic E-state index is 9.22. The number of hydrogen-bond donors (Lipinski definition) is 2. The molecule has 18 heavy (non-hydrogen) atoms. The SMILES string of the molecule is CCNC(c1ccccc1)C(CC)SC(C)CO. The molecule has 0 spiro atoms. The highest BCUT2D eigenvalue weighted by atomic mass is 32.2. The number of hydrogen-bond acceptors (Lipinski definition) is 3. The van der Waals surface area contributed by atoms with Crippen LogP contribution < -0.4 is 5.32 Å². The van der Waals surface area contributed by atoms with Gasteiger partial charge in [0, 0.05) is 16.5 Å². The second kappa shape index (κ2) is 8.57. The first-order valence-corrected chi connectivity index (χ1v) is 7.71. The van der Waals surface area contributed by atoms with Gasteiger partial charge in [-0.3, -0.25) is 0 Å². The molecule has 1 aromatic rings. The van der Waals surface area contributed by atoms with Crippen molar-refractivity contribution in [2.45, 2.75) is 43.7 Å². The number of aliphatic hydroxyl groups is 1. The van der Waals surface area contributed by atoms with Crippen molar-refractivity contribution in [2.24, 2.45) is 0 Å². The summed E-state index contributed by atoms with van der Waals surface area (Å²) in [5.41, 5.74) is 1.34. The molecule has 0 bridgehead atoms. The van der Waals surface area contributed by atoms with Gasteiger partial charge in [0.15, 0.2) is 0 Å². The van der Waals surface area contributed by atoms with Gasteiger partial charge in [0.25, 0.3) is 0 Å². The van der Waals surface area contributed by atoms with Gasteiger partial charge in [-0.1, -0.05) is 51.1 Å². The van der Waals surface area contributed by atoms with Gasteiger partial charge in [-0.25, -0.2) is 0 Å². The summed E-state index contributed by atoms with van der Waals surface area (Å²) in [5, 5.41) is 13.6. The van der Waals surface area contributed by atoms with Crippen LogP contribution in [-0.4, -0.2) is 28.8 Å². The molecule has 0 saturated heterocycles. The van der Waals surface area contributed by atoms with Gasteiger partial charge in [-0.15, -0.1) is 0 Å². The van der Waals surface area contributed by atoms with E-state index >= 15 is 0 Å². The Morgan fingerprint density at radius 3 is 2.39 bits per heavy atom. The Labute approximate surface area is 115 Å². The summed E-state index contributed by atoms with van der Waals surface area (Å²) in [6, 6.07) is 11.0. The van der Waals surface area contributed by atoms with Crippen molar-refractivity contribution in [2.75, 3.05) is 13.2 Å². The summed E-state index contributed by atoms with van der Waals surface area (Å²) in [7, 11) is 0. The van der Waals surface area contributed by atoms with Crippen LogP contribution in [0.5, 0.6) is 0 Å². The maximum Gasteiger partial charge on any atom is 0.0547 e. The molecule has 3 heteroatoms. The molecule has 1 rings (SSSR count). The van der Waals surface area contributed by atoms with Gasteiger partial charge in [0.2, 0.25) is 0 Å². The van der Waals surface area contributed by atoms with Crippen molar-refractivity contribution in [3.8, 4) is 0 Å². The van der Waals surface area contributed by atoms with Crippen molar-refractivity contribution in [3.05, 3.63) is 35.9 Å². The second-order valence-corrected chi connectivity index (χ2v) is 6.20. The topological polar surface area (TPSA) is 32.3 Å². The van der Waals surface area contributed by atoms with E-state index < -0.39 is 0 Å². The molecule has 3 unspecified atom stereocenters. The Balaban J connectivity index is 2.81. The van der Waals surface area contributed by atoms with Crippen LogP contribution in [0.15, 0.2) is 30.3 Å². The van der Waals surface area contributed by atoms with Crippen LogP contribution in [0.1, 0.15) is 38.8 Å². The number of nitrogens with one attached hydrogen (secondary N) is 1. The van der Waals surface area contributed by atoms with E-state index in [0.29, 0.717) is 16.5 Å². The van der Waals surface area contributed by atoms with Crippen LogP contribution in [0.25, 0.3) is 0 Å². The van der Waals surface area contributed by atoms with E-state index in [1.807, 2.05) is 11.8 Å². The van der Waals surface area contributed by atoms with E-state index in [1.54, 1.807) is 0 Å². The zero-order valence-electron chi connectivity index (χ0n) is 11.6. The Kier molecular flexibility index (Phi) is 7.40. The van der Waals surface area contributed by atoms with Crippen LogP contribution in [0.2, 0.25) is 0 Å². The molecule has 2 nitrogen and oxygen atoms in total. The third kappa shape index (κ3) is 4.63. The Bertz CT molecular complexity index is 318. The minimum absolute atomic E-state index is 0.245. The van der Waals surface area contributed by atoms with E-state index in [1.165, 1.54) is 5.56 Å². The molecule has 0 radical (unpaired) electrons. The molecular formula is C15H25NOS. The Hall–Kier alpha value is -0.510. The number of benzene rings is 1. The van der Waals surface area contributed by atoms with Crippen molar-refractivity contribution in [1.29, 1.82) is 0 Å². The molecular weight excluding hydrogens is 242 g/mol. The molecule has 0 fully saturated rings. The maximum absolute atomic E-state index is 9.22. The third-order valence-electron chi connectivity index (χ3n) is 3.02. The van der Waals surface area contributed by atoms with Crippen molar-refractivity contribution < 1.29 is 5.11 Å². The van der Waals surface area contributed by atoms with Crippen LogP contribution >= 0.6 is 11.8 Å². The Morgan fingerprint density at radius 2 is 1.89 bits per heavy atom. The first kappa shape index (κ1) is 15.5. The molecule has 0 saturated carbocycles. The highest BCUT2D eigenvalue weighted by Crippen LogP contribution is 2.31. The van der Waals surface area contributed by atoms with Gasteiger partial charge in [-0.05, 0) is 18.5 Å². The Morgan fingerprint density at radius 1 is 1.22 bits per heavy atom. The van der Waals surface area contributed by atoms with Crippen LogP contribution in [0, 0.1) is 0 Å². The molecule has 0 aromatic heterocycles. The van der Waals surface area contributed by atoms with E-state index in [9.17, 15) is 5.11 Å². The zero-order chi connectivity index (χ0) is 13.4. The summed E-state index contributed by atoms with van der Waals surface area (Å²) in [5.74, 6) is 0. The minimum atomic E-state index is 0.245. The van der Waals surface area contributed by atoms with E-state index in [4.69, 9.17) is 0 Å². The molecule has 3 atom stereocenters. The summed E-state index contributed by atoms with van der Waals surface area (Å²) >= 11 is 1.88. The average Bonchev–Trinajstić information content (AvgIpc) is 2.43. The van der Waals surface area contributed by atoms with Gasteiger partial charge in [0.05, 0.1) is 6.61 Å². The van der Waals surface area contributed by atoms with Crippen molar-refractivity contribution >= 4 is 11.8 Å². The predicted molar refractivity (Wildman–Crippen MR) is 81.1 cm³/mol. The van der Waals surface area contributed by atoms with E-state index in [-0.39, 0.29) is 6.61 Å². The quantitative estimate of drug-likeness (QED) is 0.758. The first-order valence-electron chi connectivity index (χ1n) is 6.77. The number of rotatable bonds is 8. The highest BCUT2D eigenvalue weighted by molar-refractivity contribution is 8.00. The normalized spacial score (nSPS) is 16.2. The van der Waals surface area contributed by atoms with E-state index in [0.717, 1.165) is 13.0 Å². The van der Waals surface area contributed by atoms with Crippen molar-refractivity contribution in [1.82, 2.24) is 5.32 Å². The number of thioether (sulfide) groups is 1. The fourth-order valence-corrected chi connectivity index (χ4v) is 3.38. The van der Waals surface area contributed by atoms with E-state index in [2.05, 4.69) is 56.4 Å². The molecule has 0 heterocycles. The number of aliphatic hydroxyl groups excluding tert-OH is 1. The molecule has 102 valence electrons. The van der Waals surface area contributed by atoms with Crippen LogP contribution in [0.4, 0.5) is 0 Å². The lowest BCUT2D eigenvalue weighted by atomic mass is 10.0. The van der Waals surface area contributed by atoms with Gasteiger partial charge >= 0.3 is 0 Å². The smallest absolute Gasteiger partial charge is 0.0547 e. The van der Waals surface area contributed by atoms with Gasteiger partial charge < -0.3 is 10.4 Å². The predicted octanol–water partition coefficient (Wildman–Crippen LogP) is 3.23. The zero-order valence-corrected chi connectivity index (χ0v) is 12.4. The lowest BCUT2D eigenvalue weighted by Crippen LogP contribution is -2.31. The summed E-state index contributed by atoms with van der Waals surface area (Å²) < 4.78 is 0. The van der Waals surface area contributed by atoms with Crippen molar-refractivity contribution in [3.63, 3.8) is 0 Å². The van der Waals surface area contributed by atoms with Gasteiger partial charge in [0.1, 0.15) is 0 Å². The third-order valence-corrected chi connectivity index (χ3v) is 4.59. The lowest BCUT2D eigenvalue weighted by Gasteiger charge is -2.29. The fourth-order valence-electron chi connectivity index (χ4n) is 2.10. The average molecular weight is 267 g/mol. The summed E-state index contributed by atoms with van der Waals surface area (Å²) in [6.45, 7) is 7.65. The van der Waals surface area contributed by atoms with Gasteiger partial charge in [-0.2, -0.15) is 11.8 Å².